The van der Waals surface area contributed by atoms with Crippen LogP contribution in [-0.2, 0) is 9.47 Å². The van der Waals surface area contributed by atoms with Crippen molar-refractivity contribution in [2.75, 3.05) is 31.6 Å². The van der Waals surface area contributed by atoms with Gasteiger partial charge in [-0.1, -0.05) is 6.92 Å². The highest BCUT2D eigenvalue weighted by molar-refractivity contribution is 5.92. The quantitative estimate of drug-likeness (QED) is 0.868. The van der Waals surface area contributed by atoms with Gasteiger partial charge >= 0.3 is 12.0 Å². The van der Waals surface area contributed by atoms with Crippen LogP contribution in [0.3, 0.4) is 0 Å². The molecule has 0 radical (unpaired) electrons. The predicted molar refractivity (Wildman–Crippen MR) is 83.0 cm³/mol. The lowest BCUT2D eigenvalue weighted by Gasteiger charge is -2.31. The average Bonchev–Trinajstić information content (AvgIpc) is 2.53. The molecule has 1 aliphatic heterocycles. The van der Waals surface area contributed by atoms with Crippen LogP contribution in [0, 0.1) is 0 Å². The molecule has 0 unspecified atom stereocenters. The van der Waals surface area contributed by atoms with E-state index in [9.17, 15) is 9.59 Å². The number of nitrogens with one attached hydrogen (secondary N) is 1. The van der Waals surface area contributed by atoms with Gasteiger partial charge in [0.1, 0.15) is 0 Å². The molecule has 22 heavy (non-hydrogen) atoms. The Morgan fingerprint density at radius 1 is 1.36 bits per heavy atom. The number of benzene rings is 1. The number of morpholine rings is 1. The van der Waals surface area contributed by atoms with E-state index in [2.05, 4.69) is 5.32 Å². The fourth-order valence-electron chi connectivity index (χ4n) is 2.17. The second-order valence-corrected chi connectivity index (χ2v) is 5.27. The minimum Gasteiger partial charge on any atom is -0.462 e. The summed E-state index contributed by atoms with van der Waals surface area (Å²) >= 11 is 0. The van der Waals surface area contributed by atoms with E-state index in [0.29, 0.717) is 37.6 Å². The molecule has 1 aromatic carbocycles. The van der Waals surface area contributed by atoms with Crippen LogP contribution in [0.15, 0.2) is 24.3 Å². The van der Waals surface area contributed by atoms with Gasteiger partial charge in [0.25, 0.3) is 0 Å². The zero-order chi connectivity index (χ0) is 15.9. The highest BCUT2D eigenvalue weighted by atomic mass is 16.5. The largest absolute Gasteiger partial charge is 0.462 e. The number of carbonyl (C=O) groups is 2. The summed E-state index contributed by atoms with van der Waals surface area (Å²) in [5, 5.41) is 2.82. The minimum absolute atomic E-state index is 0.0511. The van der Waals surface area contributed by atoms with Gasteiger partial charge in [0, 0.05) is 18.8 Å². The second-order valence-electron chi connectivity index (χ2n) is 5.27. The summed E-state index contributed by atoms with van der Waals surface area (Å²) < 4.78 is 10.5. The van der Waals surface area contributed by atoms with Gasteiger partial charge in [0.05, 0.1) is 24.9 Å². The normalized spacial score (nSPS) is 17.9. The van der Waals surface area contributed by atoms with E-state index >= 15 is 0 Å². The summed E-state index contributed by atoms with van der Waals surface area (Å²) in [7, 11) is 0. The lowest BCUT2D eigenvalue weighted by molar-refractivity contribution is -0.00138. The van der Waals surface area contributed by atoms with Crippen LogP contribution in [0.5, 0.6) is 0 Å². The molecule has 1 N–H and O–H groups in total. The van der Waals surface area contributed by atoms with Crippen molar-refractivity contribution in [3.8, 4) is 0 Å². The third kappa shape index (κ3) is 4.46. The van der Waals surface area contributed by atoms with Crippen LogP contribution in [0.25, 0.3) is 0 Å². The number of anilines is 1. The molecule has 2 amide bonds. The van der Waals surface area contributed by atoms with Gasteiger partial charge in [-0.2, -0.15) is 0 Å². The van der Waals surface area contributed by atoms with E-state index in [1.807, 2.05) is 13.8 Å². The molecule has 0 aromatic heterocycles. The monoisotopic (exact) mass is 306 g/mol. The van der Waals surface area contributed by atoms with Gasteiger partial charge in [0.2, 0.25) is 0 Å². The molecule has 1 fully saturated rings. The van der Waals surface area contributed by atoms with Gasteiger partial charge in [0.15, 0.2) is 0 Å². The number of hydrogen-bond donors (Lipinski definition) is 1. The summed E-state index contributed by atoms with van der Waals surface area (Å²) in [4.78, 5) is 25.5. The Morgan fingerprint density at radius 2 is 2.09 bits per heavy atom. The SMILES string of the molecule is CCCOC(=O)c1ccc(NC(=O)N2CCO[C@@H](C)C2)cc1. The van der Waals surface area contributed by atoms with Gasteiger partial charge in [-0.3, -0.25) is 0 Å². The second kappa shape index (κ2) is 7.79. The van der Waals surface area contributed by atoms with Gasteiger partial charge in [-0.15, -0.1) is 0 Å². The number of ether oxygens (including phenoxy) is 2. The summed E-state index contributed by atoms with van der Waals surface area (Å²) in [5.74, 6) is -0.346. The number of carbonyl (C=O) groups excluding carboxylic acids is 2. The van der Waals surface area contributed by atoms with Crippen molar-refractivity contribution in [2.45, 2.75) is 26.4 Å². The number of urea groups is 1. The van der Waals surface area contributed by atoms with Crippen LogP contribution in [0.1, 0.15) is 30.6 Å². The standard InChI is InChI=1S/C16H22N2O4/c1-3-9-22-15(19)13-4-6-14(7-5-13)17-16(20)18-8-10-21-12(2)11-18/h4-7,12H,3,8-11H2,1-2H3,(H,17,20)/t12-/m0/s1. The Kier molecular flexibility index (Phi) is 5.77. The van der Waals surface area contributed by atoms with Crippen molar-refractivity contribution in [3.63, 3.8) is 0 Å². The maximum Gasteiger partial charge on any atom is 0.338 e. The Morgan fingerprint density at radius 3 is 2.73 bits per heavy atom. The molecule has 1 heterocycles. The average molecular weight is 306 g/mol. The van der Waals surface area contributed by atoms with E-state index in [4.69, 9.17) is 9.47 Å². The Bertz CT molecular complexity index is 515. The first-order valence-corrected chi connectivity index (χ1v) is 7.55. The number of esters is 1. The summed E-state index contributed by atoms with van der Waals surface area (Å²) in [6, 6.07) is 6.54. The maximum atomic E-state index is 12.1. The smallest absolute Gasteiger partial charge is 0.338 e. The Balaban J connectivity index is 1.90. The van der Waals surface area contributed by atoms with E-state index in [-0.39, 0.29) is 18.1 Å². The molecule has 0 saturated carbocycles. The lowest BCUT2D eigenvalue weighted by atomic mass is 10.2. The van der Waals surface area contributed by atoms with Crippen molar-refractivity contribution in [1.82, 2.24) is 4.90 Å². The van der Waals surface area contributed by atoms with E-state index < -0.39 is 0 Å². The van der Waals surface area contributed by atoms with Crippen molar-refractivity contribution < 1.29 is 19.1 Å². The Hall–Kier alpha value is -2.08. The summed E-state index contributed by atoms with van der Waals surface area (Å²) in [6.07, 6.45) is 0.841. The molecule has 1 atom stereocenters. The van der Waals surface area contributed by atoms with Crippen LogP contribution in [0.2, 0.25) is 0 Å². The summed E-state index contributed by atoms with van der Waals surface area (Å²) in [5.41, 5.74) is 1.13. The highest BCUT2D eigenvalue weighted by Crippen LogP contribution is 2.13. The Labute approximate surface area is 130 Å². The molecule has 1 aromatic rings. The first-order valence-electron chi connectivity index (χ1n) is 7.55. The van der Waals surface area contributed by atoms with Crippen molar-refractivity contribution >= 4 is 17.7 Å². The number of hydrogen-bond acceptors (Lipinski definition) is 4. The molecule has 6 nitrogen and oxygen atoms in total. The molecule has 1 saturated heterocycles. The van der Waals surface area contributed by atoms with Crippen molar-refractivity contribution in [1.29, 1.82) is 0 Å². The molecular weight excluding hydrogens is 284 g/mol. The third-order valence-corrected chi connectivity index (χ3v) is 3.34. The zero-order valence-corrected chi connectivity index (χ0v) is 13.0. The number of amides is 2. The van der Waals surface area contributed by atoms with Crippen LogP contribution >= 0.6 is 0 Å². The maximum absolute atomic E-state index is 12.1. The van der Waals surface area contributed by atoms with E-state index in [1.54, 1.807) is 29.2 Å². The van der Waals surface area contributed by atoms with Crippen molar-refractivity contribution in [3.05, 3.63) is 29.8 Å². The topological polar surface area (TPSA) is 67.9 Å². The molecule has 120 valence electrons. The summed E-state index contributed by atoms with van der Waals surface area (Å²) in [6.45, 7) is 6.00. The van der Waals surface area contributed by atoms with Gasteiger partial charge in [-0.25, -0.2) is 9.59 Å². The lowest BCUT2D eigenvalue weighted by Crippen LogP contribution is -2.46. The molecule has 0 bridgehead atoms. The predicted octanol–water partition coefficient (Wildman–Crippen LogP) is 2.51. The van der Waals surface area contributed by atoms with Crippen LogP contribution in [0.4, 0.5) is 10.5 Å². The number of rotatable bonds is 4. The zero-order valence-electron chi connectivity index (χ0n) is 13.0. The van der Waals surface area contributed by atoms with Crippen molar-refractivity contribution in [2.24, 2.45) is 0 Å². The number of nitrogens with zero attached hydrogens (tertiary/aromatic N) is 1. The first kappa shape index (κ1) is 16.3. The molecule has 0 aliphatic carbocycles. The highest BCUT2D eigenvalue weighted by Gasteiger charge is 2.21. The van der Waals surface area contributed by atoms with Crippen LogP contribution < -0.4 is 5.32 Å². The van der Waals surface area contributed by atoms with Crippen LogP contribution in [-0.4, -0.2) is 49.3 Å². The molecular formula is C16H22N2O4. The molecule has 2 rings (SSSR count). The van der Waals surface area contributed by atoms with Gasteiger partial charge in [-0.05, 0) is 37.6 Å². The molecule has 0 spiro atoms. The third-order valence-electron chi connectivity index (χ3n) is 3.34. The van der Waals surface area contributed by atoms with E-state index in [1.165, 1.54) is 0 Å². The fourth-order valence-corrected chi connectivity index (χ4v) is 2.17. The molecule has 1 aliphatic rings. The fraction of sp³-hybridized carbons (Fsp3) is 0.500. The first-order chi connectivity index (χ1) is 10.6. The minimum atomic E-state index is -0.346. The molecule has 6 heteroatoms. The van der Waals surface area contributed by atoms with Gasteiger partial charge < -0.3 is 19.7 Å². The van der Waals surface area contributed by atoms with E-state index in [0.717, 1.165) is 6.42 Å².